The molecule has 4 aromatic carbocycles. The predicted molar refractivity (Wildman–Crippen MR) is 149 cm³/mol. The molecule has 0 bridgehead atoms. The van der Waals surface area contributed by atoms with Gasteiger partial charge < -0.3 is 5.32 Å². The number of rotatable bonds is 9. The van der Waals surface area contributed by atoms with Crippen LogP contribution in [0.4, 0.5) is 30.2 Å². The highest BCUT2D eigenvalue weighted by Crippen LogP contribution is 2.33. The molecule has 0 aliphatic rings. The number of amides is 1. The van der Waals surface area contributed by atoms with Crippen molar-refractivity contribution in [2.24, 2.45) is 0 Å². The Morgan fingerprint density at radius 3 is 1.98 bits per heavy atom. The zero-order chi connectivity index (χ0) is 29.8. The third-order valence-electron chi connectivity index (χ3n) is 5.83. The summed E-state index contributed by atoms with van der Waals surface area (Å²) in [7, 11) is -8.38. The van der Waals surface area contributed by atoms with Gasteiger partial charge in [0.05, 0.1) is 21.0 Å². The first-order valence-electron chi connectivity index (χ1n) is 12.0. The summed E-state index contributed by atoms with van der Waals surface area (Å²) in [5, 5.41) is 2.47. The van der Waals surface area contributed by atoms with Crippen molar-refractivity contribution >= 4 is 43.0 Å². The van der Waals surface area contributed by atoms with E-state index in [9.17, 15) is 34.8 Å². The standard InChI is InChI=1S/C28H24F3N3O5S2/c1-20-10-14-26(15-11-20)41(38,39)34(24-9-5-6-21(18-24)28(29,30)31)19-27(35)32-22-12-16-25(17-13-22)40(36,37)33-23-7-3-2-4-8-23/h2-18,33H,19H2,1H3,(H,32,35). The van der Waals surface area contributed by atoms with Crippen LogP contribution in [0.3, 0.4) is 0 Å². The summed E-state index contributed by atoms with van der Waals surface area (Å²) in [6.45, 7) is 0.885. The average Bonchev–Trinajstić information content (AvgIpc) is 2.92. The van der Waals surface area contributed by atoms with Gasteiger partial charge in [-0.05, 0) is 73.7 Å². The lowest BCUT2D eigenvalue weighted by Crippen LogP contribution is -2.38. The molecule has 4 aromatic rings. The van der Waals surface area contributed by atoms with E-state index in [2.05, 4.69) is 10.0 Å². The number of nitrogens with one attached hydrogen (secondary N) is 2. The van der Waals surface area contributed by atoms with Gasteiger partial charge in [0.15, 0.2) is 0 Å². The molecule has 1 amide bonds. The third-order valence-corrected chi connectivity index (χ3v) is 9.02. The van der Waals surface area contributed by atoms with Crippen molar-refractivity contribution in [1.29, 1.82) is 0 Å². The molecule has 0 unspecified atom stereocenters. The van der Waals surface area contributed by atoms with Gasteiger partial charge in [-0.3, -0.25) is 13.8 Å². The molecule has 0 spiro atoms. The van der Waals surface area contributed by atoms with Crippen molar-refractivity contribution in [3.8, 4) is 0 Å². The zero-order valence-electron chi connectivity index (χ0n) is 21.5. The maximum absolute atomic E-state index is 13.5. The van der Waals surface area contributed by atoms with Crippen molar-refractivity contribution in [2.75, 3.05) is 20.9 Å². The van der Waals surface area contributed by atoms with Crippen LogP contribution in [0.1, 0.15) is 11.1 Å². The van der Waals surface area contributed by atoms with Crippen LogP contribution < -0.4 is 14.3 Å². The van der Waals surface area contributed by atoms with E-state index in [4.69, 9.17) is 0 Å². The van der Waals surface area contributed by atoms with Gasteiger partial charge in [-0.15, -0.1) is 0 Å². The Morgan fingerprint density at radius 1 is 0.756 bits per heavy atom. The first-order chi connectivity index (χ1) is 19.3. The predicted octanol–water partition coefficient (Wildman–Crippen LogP) is 5.65. The molecule has 0 saturated heterocycles. The second kappa shape index (κ2) is 11.6. The van der Waals surface area contributed by atoms with E-state index in [0.717, 1.165) is 23.8 Å². The molecular weight excluding hydrogens is 579 g/mol. The van der Waals surface area contributed by atoms with Gasteiger partial charge in [-0.2, -0.15) is 13.2 Å². The summed E-state index contributed by atoms with van der Waals surface area (Å²) < 4.78 is 95.5. The second-order valence-corrected chi connectivity index (χ2v) is 12.5. The molecule has 0 aliphatic heterocycles. The van der Waals surface area contributed by atoms with Crippen molar-refractivity contribution < 1.29 is 34.8 Å². The van der Waals surface area contributed by atoms with Crippen LogP contribution >= 0.6 is 0 Å². The minimum Gasteiger partial charge on any atom is -0.325 e. The average molecular weight is 604 g/mol. The number of anilines is 3. The van der Waals surface area contributed by atoms with E-state index in [1.54, 1.807) is 37.3 Å². The van der Waals surface area contributed by atoms with Gasteiger partial charge >= 0.3 is 6.18 Å². The van der Waals surface area contributed by atoms with Crippen LogP contribution in [0, 0.1) is 6.92 Å². The summed E-state index contributed by atoms with van der Waals surface area (Å²) in [6, 6.07) is 22.6. The van der Waals surface area contributed by atoms with Crippen LogP contribution in [0.2, 0.25) is 0 Å². The highest BCUT2D eigenvalue weighted by molar-refractivity contribution is 7.93. The van der Waals surface area contributed by atoms with Crippen LogP contribution in [0.5, 0.6) is 0 Å². The van der Waals surface area contributed by atoms with Crippen molar-refractivity contribution in [3.63, 3.8) is 0 Å². The Hall–Kier alpha value is -4.36. The van der Waals surface area contributed by atoms with Gasteiger partial charge in [0, 0.05) is 11.4 Å². The smallest absolute Gasteiger partial charge is 0.325 e. The fourth-order valence-electron chi connectivity index (χ4n) is 3.76. The summed E-state index contributed by atoms with van der Waals surface area (Å²) >= 11 is 0. The molecule has 0 saturated carbocycles. The molecule has 4 rings (SSSR count). The lowest BCUT2D eigenvalue weighted by atomic mass is 10.2. The fraction of sp³-hybridized carbons (Fsp3) is 0.107. The summed E-state index contributed by atoms with van der Waals surface area (Å²) in [4.78, 5) is 12.7. The van der Waals surface area contributed by atoms with E-state index in [-0.39, 0.29) is 21.2 Å². The molecule has 0 atom stereocenters. The van der Waals surface area contributed by atoms with Gasteiger partial charge in [0.25, 0.3) is 20.0 Å². The highest BCUT2D eigenvalue weighted by atomic mass is 32.2. The maximum Gasteiger partial charge on any atom is 0.416 e. The summed E-state index contributed by atoms with van der Waals surface area (Å²) in [5.41, 5.74) is -0.180. The first-order valence-corrected chi connectivity index (χ1v) is 14.9. The third kappa shape index (κ3) is 7.24. The maximum atomic E-state index is 13.5. The number of aryl methyl sites for hydroxylation is 1. The zero-order valence-corrected chi connectivity index (χ0v) is 23.1. The number of benzene rings is 4. The number of carbonyl (C=O) groups excluding carboxylic acids is 1. The second-order valence-electron chi connectivity index (χ2n) is 8.92. The van der Waals surface area contributed by atoms with Crippen LogP contribution in [0.25, 0.3) is 0 Å². The van der Waals surface area contributed by atoms with Crippen molar-refractivity contribution in [3.05, 3.63) is 114 Å². The summed E-state index contributed by atoms with van der Waals surface area (Å²) in [5.74, 6) is -0.865. The Morgan fingerprint density at radius 2 is 1.37 bits per heavy atom. The quantitative estimate of drug-likeness (QED) is 0.257. The van der Waals surface area contributed by atoms with E-state index in [1.165, 1.54) is 48.5 Å². The Balaban J connectivity index is 1.58. The number of para-hydroxylation sites is 1. The highest BCUT2D eigenvalue weighted by Gasteiger charge is 2.33. The Bertz CT molecular complexity index is 1740. The lowest BCUT2D eigenvalue weighted by Gasteiger charge is -2.25. The van der Waals surface area contributed by atoms with Gasteiger partial charge in [-0.1, -0.05) is 42.0 Å². The molecule has 0 aliphatic carbocycles. The molecule has 41 heavy (non-hydrogen) atoms. The molecule has 214 valence electrons. The minimum absolute atomic E-state index is 0.0908. The van der Waals surface area contributed by atoms with Crippen molar-refractivity contribution in [2.45, 2.75) is 22.9 Å². The van der Waals surface area contributed by atoms with Crippen LogP contribution in [-0.4, -0.2) is 29.3 Å². The fourth-order valence-corrected chi connectivity index (χ4v) is 6.23. The monoisotopic (exact) mass is 603 g/mol. The molecule has 2 N–H and O–H groups in total. The number of alkyl halides is 3. The molecule has 0 fully saturated rings. The lowest BCUT2D eigenvalue weighted by molar-refractivity contribution is -0.137. The van der Waals surface area contributed by atoms with E-state index < -0.39 is 44.2 Å². The van der Waals surface area contributed by atoms with Gasteiger partial charge in [-0.25, -0.2) is 16.8 Å². The van der Waals surface area contributed by atoms with Gasteiger partial charge in [0.1, 0.15) is 6.54 Å². The largest absolute Gasteiger partial charge is 0.416 e. The van der Waals surface area contributed by atoms with E-state index >= 15 is 0 Å². The molecule has 0 radical (unpaired) electrons. The number of sulfonamides is 2. The van der Waals surface area contributed by atoms with E-state index in [0.29, 0.717) is 16.1 Å². The number of nitrogens with zero attached hydrogens (tertiary/aromatic N) is 1. The molecule has 8 nitrogen and oxygen atoms in total. The SMILES string of the molecule is Cc1ccc(S(=O)(=O)N(CC(=O)Nc2ccc(S(=O)(=O)Nc3ccccc3)cc2)c2cccc(C(F)(F)F)c2)cc1. The van der Waals surface area contributed by atoms with Crippen molar-refractivity contribution in [1.82, 2.24) is 0 Å². The minimum atomic E-state index is -4.74. The Labute approximate surface area is 235 Å². The van der Waals surface area contributed by atoms with Gasteiger partial charge in [0.2, 0.25) is 5.91 Å². The van der Waals surface area contributed by atoms with E-state index in [1.807, 2.05) is 0 Å². The number of hydrogen-bond acceptors (Lipinski definition) is 5. The number of carbonyl (C=O) groups is 1. The molecule has 0 aromatic heterocycles. The van der Waals surface area contributed by atoms with Crippen LogP contribution in [-0.2, 0) is 31.0 Å². The number of hydrogen-bond donors (Lipinski definition) is 2. The topological polar surface area (TPSA) is 113 Å². The first kappa shape index (κ1) is 29.6. The Kier molecular flexibility index (Phi) is 8.40. The normalized spacial score (nSPS) is 12.0. The summed E-state index contributed by atoms with van der Waals surface area (Å²) in [6.07, 6.45) is -4.74. The molecule has 0 heterocycles. The molecule has 13 heteroatoms. The number of halogens is 3. The van der Waals surface area contributed by atoms with Crippen LogP contribution in [0.15, 0.2) is 113 Å². The molecular formula is C28H24F3N3O5S2.